The van der Waals surface area contributed by atoms with Crippen molar-refractivity contribution in [2.45, 2.75) is 44.6 Å². The molecule has 0 unspecified atom stereocenters. The lowest BCUT2D eigenvalue weighted by molar-refractivity contribution is 0.0933. The summed E-state index contributed by atoms with van der Waals surface area (Å²) >= 11 is 0. The van der Waals surface area contributed by atoms with Crippen LogP contribution in [0, 0.1) is 0 Å². The summed E-state index contributed by atoms with van der Waals surface area (Å²) in [6.07, 6.45) is 10.5. The van der Waals surface area contributed by atoms with Crippen molar-refractivity contribution in [1.82, 2.24) is 10.3 Å². The van der Waals surface area contributed by atoms with Gasteiger partial charge in [-0.05, 0) is 31.0 Å². The summed E-state index contributed by atoms with van der Waals surface area (Å²) in [5.41, 5.74) is 2.41. The summed E-state index contributed by atoms with van der Waals surface area (Å²) in [6.45, 7) is 0. The van der Waals surface area contributed by atoms with E-state index in [4.69, 9.17) is 0 Å². The SMILES string of the molecule is O=C(NC1CCCCCC1)c1cncc(Nc2ccccc2)c1. The molecule has 1 amide bonds. The molecule has 1 aliphatic carbocycles. The van der Waals surface area contributed by atoms with E-state index in [0.29, 0.717) is 11.6 Å². The van der Waals surface area contributed by atoms with Gasteiger partial charge in [-0.3, -0.25) is 9.78 Å². The van der Waals surface area contributed by atoms with Crippen LogP contribution in [-0.2, 0) is 0 Å². The van der Waals surface area contributed by atoms with Gasteiger partial charge in [-0.2, -0.15) is 0 Å². The Morgan fingerprint density at radius 1 is 0.957 bits per heavy atom. The van der Waals surface area contributed by atoms with Crippen molar-refractivity contribution in [2.24, 2.45) is 0 Å². The third-order valence-electron chi connectivity index (χ3n) is 4.25. The molecule has 4 nitrogen and oxygen atoms in total. The minimum atomic E-state index is -0.0267. The number of hydrogen-bond donors (Lipinski definition) is 2. The second-order valence-electron chi connectivity index (χ2n) is 6.12. The first-order valence-electron chi connectivity index (χ1n) is 8.39. The average Bonchev–Trinajstić information content (AvgIpc) is 2.85. The highest BCUT2D eigenvalue weighted by Crippen LogP contribution is 2.19. The molecule has 4 heteroatoms. The van der Waals surface area contributed by atoms with E-state index in [2.05, 4.69) is 15.6 Å². The fourth-order valence-electron chi connectivity index (χ4n) is 3.01. The van der Waals surface area contributed by atoms with E-state index in [-0.39, 0.29) is 5.91 Å². The molecule has 3 rings (SSSR count). The van der Waals surface area contributed by atoms with Crippen LogP contribution in [0.4, 0.5) is 11.4 Å². The number of hydrogen-bond acceptors (Lipinski definition) is 3. The average molecular weight is 309 g/mol. The zero-order chi connectivity index (χ0) is 15.9. The van der Waals surface area contributed by atoms with Crippen molar-refractivity contribution in [2.75, 3.05) is 5.32 Å². The number of benzene rings is 1. The van der Waals surface area contributed by atoms with Crippen molar-refractivity contribution in [1.29, 1.82) is 0 Å². The molecular formula is C19H23N3O. The lowest BCUT2D eigenvalue weighted by Gasteiger charge is -2.16. The fourth-order valence-corrected chi connectivity index (χ4v) is 3.01. The van der Waals surface area contributed by atoms with E-state index < -0.39 is 0 Å². The van der Waals surface area contributed by atoms with E-state index in [9.17, 15) is 4.79 Å². The van der Waals surface area contributed by atoms with Gasteiger partial charge in [0.25, 0.3) is 5.91 Å². The number of amides is 1. The zero-order valence-electron chi connectivity index (χ0n) is 13.3. The molecule has 1 aromatic heterocycles. The Morgan fingerprint density at radius 2 is 1.70 bits per heavy atom. The van der Waals surface area contributed by atoms with Gasteiger partial charge in [-0.25, -0.2) is 0 Å². The number of para-hydroxylation sites is 1. The second-order valence-corrected chi connectivity index (χ2v) is 6.12. The van der Waals surface area contributed by atoms with Crippen LogP contribution in [0.3, 0.4) is 0 Å². The number of nitrogens with one attached hydrogen (secondary N) is 2. The van der Waals surface area contributed by atoms with Gasteiger partial charge in [0.15, 0.2) is 0 Å². The van der Waals surface area contributed by atoms with E-state index in [1.165, 1.54) is 25.7 Å². The maximum Gasteiger partial charge on any atom is 0.253 e. The van der Waals surface area contributed by atoms with Crippen LogP contribution in [0.15, 0.2) is 48.8 Å². The Hall–Kier alpha value is -2.36. The Labute approximate surface area is 137 Å². The van der Waals surface area contributed by atoms with E-state index >= 15 is 0 Å². The molecule has 0 spiro atoms. The largest absolute Gasteiger partial charge is 0.354 e. The molecule has 2 N–H and O–H groups in total. The Bertz CT molecular complexity index is 634. The van der Waals surface area contributed by atoms with Crippen LogP contribution in [0.2, 0.25) is 0 Å². The third-order valence-corrected chi connectivity index (χ3v) is 4.25. The van der Waals surface area contributed by atoms with Gasteiger partial charge in [0.1, 0.15) is 0 Å². The summed E-state index contributed by atoms with van der Waals surface area (Å²) in [6, 6.07) is 12.0. The normalized spacial score (nSPS) is 15.7. The highest BCUT2D eigenvalue weighted by molar-refractivity contribution is 5.95. The van der Waals surface area contributed by atoms with Crippen molar-refractivity contribution in [3.63, 3.8) is 0 Å². The molecule has 1 aromatic carbocycles. The predicted octanol–water partition coefficient (Wildman–Crippen LogP) is 4.28. The van der Waals surface area contributed by atoms with Crippen molar-refractivity contribution in [3.05, 3.63) is 54.4 Å². The van der Waals surface area contributed by atoms with Gasteiger partial charge >= 0.3 is 0 Å². The first-order chi connectivity index (χ1) is 11.3. The van der Waals surface area contributed by atoms with Crippen molar-refractivity contribution >= 4 is 17.3 Å². The first-order valence-corrected chi connectivity index (χ1v) is 8.39. The Kier molecular flexibility index (Phi) is 5.25. The van der Waals surface area contributed by atoms with Gasteiger partial charge in [0.2, 0.25) is 0 Å². The van der Waals surface area contributed by atoms with E-state index in [0.717, 1.165) is 24.2 Å². The highest BCUT2D eigenvalue weighted by atomic mass is 16.1. The second kappa shape index (κ2) is 7.77. The zero-order valence-corrected chi connectivity index (χ0v) is 13.3. The Balaban J connectivity index is 1.65. The smallest absolute Gasteiger partial charge is 0.253 e. The summed E-state index contributed by atoms with van der Waals surface area (Å²) in [4.78, 5) is 16.6. The topological polar surface area (TPSA) is 54.0 Å². The molecular weight excluding hydrogens is 286 g/mol. The molecule has 2 aromatic rings. The molecule has 0 aliphatic heterocycles. The summed E-state index contributed by atoms with van der Waals surface area (Å²) in [7, 11) is 0. The van der Waals surface area contributed by atoms with Gasteiger partial charge in [0.05, 0.1) is 17.4 Å². The number of aromatic nitrogens is 1. The molecule has 0 saturated heterocycles. The number of carbonyl (C=O) groups excluding carboxylic acids is 1. The summed E-state index contributed by atoms with van der Waals surface area (Å²) in [5.74, 6) is -0.0267. The lowest BCUT2D eigenvalue weighted by Crippen LogP contribution is -2.34. The predicted molar refractivity (Wildman–Crippen MR) is 92.9 cm³/mol. The van der Waals surface area contributed by atoms with Crippen LogP contribution in [0.25, 0.3) is 0 Å². The lowest BCUT2D eigenvalue weighted by atomic mass is 10.1. The van der Waals surface area contributed by atoms with Gasteiger partial charge in [-0.1, -0.05) is 43.9 Å². The number of rotatable bonds is 4. The maximum absolute atomic E-state index is 12.5. The van der Waals surface area contributed by atoms with E-state index in [1.807, 2.05) is 36.4 Å². The molecule has 23 heavy (non-hydrogen) atoms. The van der Waals surface area contributed by atoms with Crippen LogP contribution in [0.5, 0.6) is 0 Å². The maximum atomic E-state index is 12.5. The first kappa shape index (κ1) is 15.5. The standard InChI is InChI=1S/C19H23N3O/c23-19(22-17-10-4-1-2-5-11-17)15-12-18(14-20-13-15)21-16-8-6-3-7-9-16/h3,6-9,12-14,17,21H,1-2,4-5,10-11H2,(H,22,23). The molecule has 1 saturated carbocycles. The quantitative estimate of drug-likeness (QED) is 0.829. The highest BCUT2D eigenvalue weighted by Gasteiger charge is 2.16. The third kappa shape index (κ3) is 4.55. The molecule has 0 bridgehead atoms. The van der Waals surface area contributed by atoms with Crippen molar-refractivity contribution < 1.29 is 4.79 Å². The summed E-state index contributed by atoms with van der Waals surface area (Å²) < 4.78 is 0. The number of pyridine rings is 1. The van der Waals surface area contributed by atoms with Crippen molar-refractivity contribution in [3.8, 4) is 0 Å². The summed E-state index contributed by atoms with van der Waals surface area (Å²) in [5, 5.41) is 6.43. The van der Waals surface area contributed by atoms with Gasteiger partial charge in [-0.15, -0.1) is 0 Å². The molecule has 0 atom stereocenters. The van der Waals surface area contributed by atoms with E-state index in [1.54, 1.807) is 12.4 Å². The minimum Gasteiger partial charge on any atom is -0.354 e. The van der Waals surface area contributed by atoms with Gasteiger partial charge < -0.3 is 10.6 Å². The van der Waals surface area contributed by atoms with Crippen LogP contribution >= 0.6 is 0 Å². The molecule has 120 valence electrons. The number of carbonyl (C=O) groups is 1. The molecule has 0 radical (unpaired) electrons. The van der Waals surface area contributed by atoms with Crippen LogP contribution in [0.1, 0.15) is 48.9 Å². The molecule has 1 fully saturated rings. The van der Waals surface area contributed by atoms with Crippen LogP contribution < -0.4 is 10.6 Å². The Morgan fingerprint density at radius 3 is 2.43 bits per heavy atom. The fraction of sp³-hybridized carbons (Fsp3) is 0.368. The van der Waals surface area contributed by atoms with Gasteiger partial charge in [0, 0.05) is 17.9 Å². The molecule has 1 heterocycles. The molecule has 1 aliphatic rings. The van der Waals surface area contributed by atoms with Crippen LogP contribution in [-0.4, -0.2) is 16.9 Å². The number of nitrogens with zero attached hydrogens (tertiary/aromatic N) is 1. The minimum absolute atomic E-state index is 0.0267. The monoisotopic (exact) mass is 309 g/mol. The number of anilines is 2.